The predicted octanol–water partition coefficient (Wildman–Crippen LogP) is 2.72. The summed E-state index contributed by atoms with van der Waals surface area (Å²) in [6.45, 7) is 4.60. The zero-order chi connectivity index (χ0) is 13.9. The molecule has 1 aliphatic rings. The van der Waals surface area contributed by atoms with E-state index in [9.17, 15) is 10.2 Å². The summed E-state index contributed by atoms with van der Waals surface area (Å²) in [4.78, 5) is 2.32. The van der Waals surface area contributed by atoms with E-state index in [4.69, 9.17) is 0 Å². The van der Waals surface area contributed by atoms with Crippen molar-refractivity contribution in [3.8, 4) is 0 Å². The molecule has 1 heterocycles. The Morgan fingerprint density at radius 1 is 1.32 bits per heavy atom. The fourth-order valence-corrected chi connectivity index (χ4v) is 3.01. The van der Waals surface area contributed by atoms with Crippen LogP contribution < -0.4 is 0 Å². The Balaban J connectivity index is 1.82. The van der Waals surface area contributed by atoms with E-state index in [0.29, 0.717) is 0 Å². The SMILES string of the molecule is CC1(O)CCN(CCC(O)c2ccccc2Br)CC1. The van der Waals surface area contributed by atoms with Gasteiger partial charge in [0, 0.05) is 24.1 Å². The maximum absolute atomic E-state index is 10.2. The van der Waals surface area contributed by atoms with Gasteiger partial charge in [0.2, 0.25) is 0 Å². The van der Waals surface area contributed by atoms with Gasteiger partial charge in [-0.05, 0) is 37.8 Å². The largest absolute Gasteiger partial charge is 0.390 e. The minimum absolute atomic E-state index is 0.432. The van der Waals surface area contributed by atoms with Crippen molar-refractivity contribution in [2.24, 2.45) is 0 Å². The molecule has 0 radical (unpaired) electrons. The Morgan fingerprint density at radius 2 is 1.95 bits per heavy atom. The van der Waals surface area contributed by atoms with Crippen LogP contribution in [0.2, 0.25) is 0 Å². The molecule has 1 fully saturated rings. The highest BCUT2D eigenvalue weighted by molar-refractivity contribution is 9.10. The standard InChI is InChI=1S/C15H22BrNO2/c1-15(19)7-10-17(11-8-15)9-6-14(18)12-4-2-3-5-13(12)16/h2-5,14,18-19H,6-11H2,1H3. The average Bonchev–Trinajstić information content (AvgIpc) is 2.38. The molecule has 0 saturated carbocycles. The fraction of sp³-hybridized carbons (Fsp3) is 0.600. The molecule has 1 aromatic carbocycles. The summed E-state index contributed by atoms with van der Waals surface area (Å²) in [5, 5.41) is 20.1. The molecular formula is C15H22BrNO2. The number of hydrogen-bond donors (Lipinski definition) is 2. The Kier molecular flexibility index (Phi) is 5.01. The summed E-state index contributed by atoms with van der Waals surface area (Å²) in [6, 6.07) is 7.81. The van der Waals surface area contributed by atoms with Gasteiger partial charge in [0.15, 0.2) is 0 Å². The first kappa shape index (κ1) is 15.0. The third-order valence-electron chi connectivity index (χ3n) is 3.92. The molecule has 2 N–H and O–H groups in total. The molecule has 1 atom stereocenters. The lowest BCUT2D eigenvalue weighted by atomic mass is 9.93. The first-order valence-corrected chi connectivity index (χ1v) is 7.64. The van der Waals surface area contributed by atoms with Crippen LogP contribution in [0.15, 0.2) is 28.7 Å². The van der Waals surface area contributed by atoms with Crippen LogP contribution in [0.25, 0.3) is 0 Å². The molecule has 0 bridgehead atoms. The Bertz CT molecular complexity index is 412. The first-order chi connectivity index (χ1) is 8.98. The first-order valence-electron chi connectivity index (χ1n) is 6.85. The van der Waals surface area contributed by atoms with Crippen molar-refractivity contribution in [3.05, 3.63) is 34.3 Å². The normalized spacial score (nSPS) is 21.3. The molecule has 0 spiro atoms. The number of piperidine rings is 1. The van der Waals surface area contributed by atoms with Gasteiger partial charge in [-0.1, -0.05) is 34.1 Å². The van der Waals surface area contributed by atoms with E-state index in [0.717, 1.165) is 48.9 Å². The molecule has 0 aliphatic carbocycles. The van der Waals surface area contributed by atoms with Gasteiger partial charge in [-0.3, -0.25) is 0 Å². The van der Waals surface area contributed by atoms with Crippen LogP contribution in [0.5, 0.6) is 0 Å². The summed E-state index contributed by atoms with van der Waals surface area (Å²) < 4.78 is 0.962. The van der Waals surface area contributed by atoms with E-state index in [1.54, 1.807) is 0 Å². The van der Waals surface area contributed by atoms with Crippen LogP contribution in [0.3, 0.4) is 0 Å². The molecule has 0 amide bonds. The minimum atomic E-state index is -0.502. The fourth-order valence-electron chi connectivity index (χ4n) is 2.46. The lowest BCUT2D eigenvalue weighted by Crippen LogP contribution is -2.42. The van der Waals surface area contributed by atoms with Crippen LogP contribution in [0.4, 0.5) is 0 Å². The van der Waals surface area contributed by atoms with Crippen molar-refractivity contribution in [1.82, 2.24) is 4.90 Å². The topological polar surface area (TPSA) is 43.7 Å². The number of aliphatic hydroxyl groups excluding tert-OH is 1. The minimum Gasteiger partial charge on any atom is -0.390 e. The Morgan fingerprint density at radius 3 is 2.58 bits per heavy atom. The summed E-state index contributed by atoms with van der Waals surface area (Å²) in [5.74, 6) is 0. The highest BCUT2D eigenvalue weighted by Crippen LogP contribution is 2.26. The molecule has 106 valence electrons. The summed E-state index contributed by atoms with van der Waals surface area (Å²) in [5.41, 5.74) is 0.448. The van der Waals surface area contributed by atoms with E-state index in [1.165, 1.54) is 0 Å². The van der Waals surface area contributed by atoms with E-state index < -0.39 is 11.7 Å². The monoisotopic (exact) mass is 327 g/mol. The molecule has 1 aliphatic heterocycles. The molecule has 3 nitrogen and oxygen atoms in total. The number of benzene rings is 1. The highest BCUT2D eigenvalue weighted by atomic mass is 79.9. The molecule has 4 heteroatoms. The summed E-state index contributed by atoms with van der Waals surface area (Å²) >= 11 is 3.47. The van der Waals surface area contributed by atoms with Crippen molar-refractivity contribution in [2.45, 2.75) is 37.9 Å². The highest BCUT2D eigenvalue weighted by Gasteiger charge is 2.27. The quantitative estimate of drug-likeness (QED) is 0.893. The second-order valence-electron chi connectivity index (χ2n) is 5.66. The Hall–Kier alpha value is -0.420. The van der Waals surface area contributed by atoms with Gasteiger partial charge in [0.1, 0.15) is 0 Å². The smallest absolute Gasteiger partial charge is 0.0813 e. The van der Waals surface area contributed by atoms with Crippen molar-refractivity contribution in [1.29, 1.82) is 0 Å². The van der Waals surface area contributed by atoms with E-state index in [1.807, 2.05) is 31.2 Å². The maximum Gasteiger partial charge on any atom is 0.0813 e. The van der Waals surface area contributed by atoms with E-state index in [-0.39, 0.29) is 0 Å². The predicted molar refractivity (Wildman–Crippen MR) is 80.0 cm³/mol. The van der Waals surface area contributed by atoms with Crippen molar-refractivity contribution < 1.29 is 10.2 Å². The Labute approximate surface area is 123 Å². The number of nitrogens with zero attached hydrogens (tertiary/aromatic N) is 1. The van der Waals surface area contributed by atoms with Crippen LogP contribution in [0, 0.1) is 0 Å². The van der Waals surface area contributed by atoms with Crippen LogP contribution in [0.1, 0.15) is 37.9 Å². The number of rotatable bonds is 4. The molecule has 0 aromatic heterocycles. The maximum atomic E-state index is 10.2. The zero-order valence-corrected chi connectivity index (χ0v) is 12.9. The molecule has 1 aromatic rings. The summed E-state index contributed by atoms with van der Waals surface area (Å²) in [7, 11) is 0. The molecule has 19 heavy (non-hydrogen) atoms. The zero-order valence-electron chi connectivity index (χ0n) is 11.3. The number of aliphatic hydroxyl groups is 2. The number of hydrogen-bond acceptors (Lipinski definition) is 3. The van der Waals surface area contributed by atoms with Gasteiger partial charge < -0.3 is 15.1 Å². The summed E-state index contributed by atoms with van der Waals surface area (Å²) in [6.07, 6.45) is 1.93. The molecule has 2 rings (SSSR count). The van der Waals surface area contributed by atoms with Crippen molar-refractivity contribution >= 4 is 15.9 Å². The molecule has 1 saturated heterocycles. The third-order valence-corrected chi connectivity index (χ3v) is 4.64. The van der Waals surface area contributed by atoms with Gasteiger partial charge in [-0.25, -0.2) is 0 Å². The van der Waals surface area contributed by atoms with Gasteiger partial charge in [0.25, 0.3) is 0 Å². The number of halogens is 1. The van der Waals surface area contributed by atoms with Gasteiger partial charge in [0.05, 0.1) is 11.7 Å². The van der Waals surface area contributed by atoms with Crippen LogP contribution in [-0.4, -0.2) is 40.3 Å². The number of likely N-dealkylation sites (tertiary alicyclic amines) is 1. The molecular weight excluding hydrogens is 306 g/mol. The van der Waals surface area contributed by atoms with Crippen molar-refractivity contribution in [3.63, 3.8) is 0 Å². The second kappa shape index (κ2) is 6.35. The lowest BCUT2D eigenvalue weighted by Gasteiger charge is -2.36. The van der Waals surface area contributed by atoms with Crippen LogP contribution >= 0.6 is 15.9 Å². The van der Waals surface area contributed by atoms with E-state index in [2.05, 4.69) is 20.8 Å². The van der Waals surface area contributed by atoms with Gasteiger partial charge >= 0.3 is 0 Å². The average molecular weight is 328 g/mol. The van der Waals surface area contributed by atoms with Gasteiger partial charge in [-0.15, -0.1) is 0 Å². The lowest BCUT2D eigenvalue weighted by molar-refractivity contribution is -0.00814. The van der Waals surface area contributed by atoms with E-state index >= 15 is 0 Å². The van der Waals surface area contributed by atoms with Crippen LogP contribution in [-0.2, 0) is 0 Å². The second-order valence-corrected chi connectivity index (χ2v) is 6.52. The molecule has 1 unspecified atom stereocenters. The van der Waals surface area contributed by atoms with Gasteiger partial charge in [-0.2, -0.15) is 0 Å². The van der Waals surface area contributed by atoms with Crippen molar-refractivity contribution in [2.75, 3.05) is 19.6 Å². The third kappa shape index (κ3) is 4.28.